The first kappa shape index (κ1) is 16.3. The molecule has 24 heavy (non-hydrogen) atoms. The van der Waals surface area contributed by atoms with E-state index in [4.69, 9.17) is 0 Å². The Bertz CT molecular complexity index is 846. The molecule has 0 atom stereocenters. The zero-order valence-corrected chi connectivity index (χ0v) is 13.4. The highest BCUT2D eigenvalue weighted by Gasteiger charge is 2.08. The molecule has 1 heterocycles. The van der Waals surface area contributed by atoms with Crippen LogP contribution in [0.4, 0.5) is 8.78 Å². The van der Waals surface area contributed by atoms with Crippen LogP contribution in [0.15, 0.2) is 53.9 Å². The Morgan fingerprint density at radius 2 is 1.88 bits per heavy atom. The molecule has 0 radical (unpaired) electrons. The highest BCUT2D eigenvalue weighted by Crippen LogP contribution is 2.22. The summed E-state index contributed by atoms with van der Waals surface area (Å²) in [5.74, 6) is -1.04. The standard InChI is InChI=1S/C18H14F2N2OS/c19-14-6-4-12(5-7-14)16-11-24-17(22-16)8-9-21-18(23)13-2-1-3-15(20)10-13/h1-7,10-11H,8-9H2,(H,21,23). The summed E-state index contributed by atoms with van der Waals surface area (Å²) in [5.41, 5.74) is 1.93. The second kappa shape index (κ2) is 7.31. The van der Waals surface area contributed by atoms with Crippen LogP contribution < -0.4 is 5.32 Å². The molecule has 3 nitrogen and oxygen atoms in total. The number of nitrogens with one attached hydrogen (secondary N) is 1. The number of amides is 1. The number of carbonyl (C=O) groups is 1. The number of hydrogen-bond acceptors (Lipinski definition) is 3. The molecule has 0 saturated carbocycles. The highest BCUT2D eigenvalue weighted by atomic mass is 32.1. The van der Waals surface area contributed by atoms with Gasteiger partial charge in [0, 0.05) is 29.5 Å². The fraction of sp³-hybridized carbons (Fsp3) is 0.111. The maximum atomic E-state index is 13.1. The van der Waals surface area contributed by atoms with E-state index < -0.39 is 5.82 Å². The van der Waals surface area contributed by atoms with Gasteiger partial charge >= 0.3 is 0 Å². The lowest BCUT2D eigenvalue weighted by atomic mass is 10.2. The van der Waals surface area contributed by atoms with Crippen molar-refractivity contribution < 1.29 is 13.6 Å². The van der Waals surface area contributed by atoms with Crippen molar-refractivity contribution in [3.63, 3.8) is 0 Å². The van der Waals surface area contributed by atoms with Crippen molar-refractivity contribution >= 4 is 17.2 Å². The van der Waals surface area contributed by atoms with Crippen LogP contribution in [0.2, 0.25) is 0 Å². The van der Waals surface area contributed by atoms with Gasteiger partial charge in [-0.25, -0.2) is 13.8 Å². The van der Waals surface area contributed by atoms with E-state index in [1.807, 2.05) is 5.38 Å². The Hall–Kier alpha value is -2.60. The van der Waals surface area contributed by atoms with Gasteiger partial charge in [0.2, 0.25) is 0 Å². The monoisotopic (exact) mass is 344 g/mol. The van der Waals surface area contributed by atoms with E-state index in [0.29, 0.717) is 18.5 Å². The molecule has 0 saturated heterocycles. The van der Waals surface area contributed by atoms with Crippen LogP contribution in [-0.2, 0) is 6.42 Å². The average Bonchev–Trinajstić information content (AvgIpc) is 3.04. The minimum Gasteiger partial charge on any atom is -0.352 e. The molecule has 6 heteroatoms. The number of hydrogen-bond donors (Lipinski definition) is 1. The van der Waals surface area contributed by atoms with Gasteiger partial charge in [0.15, 0.2) is 0 Å². The molecular formula is C18H14F2N2OS. The van der Waals surface area contributed by atoms with E-state index in [1.54, 1.807) is 18.2 Å². The van der Waals surface area contributed by atoms with Crippen LogP contribution in [0.25, 0.3) is 11.3 Å². The fourth-order valence-electron chi connectivity index (χ4n) is 2.19. The van der Waals surface area contributed by atoms with E-state index in [2.05, 4.69) is 10.3 Å². The summed E-state index contributed by atoms with van der Waals surface area (Å²) in [4.78, 5) is 16.4. The Balaban J connectivity index is 1.56. The first-order valence-electron chi connectivity index (χ1n) is 7.36. The Kier molecular flexibility index (Phi) is 4.96. The topological polar surface area (TPSA) is 42.0 Å². The van der Waals surface area contributed by atoms with Crippen LogP contribution in [0, 0.1) is 11.6 Å². The maximum Gasteiger partial charge on any atom is 0.251 e. The molecule has 0 spiro atoms. The summed E-state index contributed by atoms with van der Waals surface area (Å²) < 4.78 is 26.0. The van der Waals surface area contributed by atoms with E-state index in [9.17, 15) is 13.6 Å². The Morgan fingerprint density at radius 3 is 2.62 bits per heavy atom. The van der Waals surface area contributed by atoms with Gasteiger partial charge < -0.3 is 5.32 Å². The number of rotatable bonds is 5. The summed E-state index contributed by atoms with van der Waals surface area (Å²) >= 11 is 1.48. The number of halogens is 2. The van der Waals surface area contributed by atoms with Crippen molar-refractivity contribution in [3.8, 4) is 11.3 Å². The molecule has 1 aromatic heterocycles. The van der Waals surface area contributed by atoms with Crippen LogP contribution in [0.1, 0.15) is 15.4 Å². The lowest BCUT2D eigenvalue weighted by Gasteiger charge is -2.04. The molecule has 3 rings (SSSR count). The predicted molar refractivity (Wildman–Crippen MR) is 89.9 cm³/mol. The fourth-order valence-corrected chi connectivity index (χ4v) is 3.00. The molecular weight excluding hydrogens is 330 g/mol. The van der Waals surface area contributed by atoms with Crippen LogP contribution in [0.3, 0.4) is 0 Å². The average molecular weight is 344 g/mol. The molecule has 0 fully saturated rings. The molecule has 0 aliphatic heterocycles. The van der Waals surface area contributed by atoms with Gasteiger partial charge in [0.1, 0.15) is 11.6 Å². The lowest BCUT2D eigenvalue weighted by molar-refractivity contribution is 0.0953. The molecule has 1 amide bonds. The molecule has 122 valence electrons. The van der Waals surface area contributed by atoms with Crippen molar-refractivity contribution in [1.29, 1.82) is 0 Å². The Labute approximate surface area is 142 Å². The van der Waals surface area contributed by atoms with Crippen molar-refractivity contribution in [2.75, 3.05) is 6.54 Å². The number of nitrogens with zero attached hydrogens (tertiary/aromatic N) is 1. The normalized spacial score (nSPS) is 10.6. The minimum atomic E-state index is -0.438. The smallest absolute Gasteiger partial charge is 0.251 e. The second-order valence-electron chi connectivity index (χ2n) is 5.15. The third kappa shape index (κ3) is 4.02. The van der Waals surface area contributed by atoms with Gasteiger partial charge in [-0.1, -0.05) is 6.07 Å². The highest BCUT2D eigenvalue weighted by molar-refractivity contribution is 7.09. The van der Waals surface area contributed by atoms with E-state index in [0.717, 1.165) is 16.3 Å². The van der Waals surface area contributed by atoms with Gasteiger partial charge in [-0.15, -0.1) is 11.3 Å². The van der Waals surface area contributed by atoms with Crippen LogP contribution >= 0.6 is 11.3 Å². The van der Waals surface area contributed by atoms with Gasteiger partial charge in [0.25, 0.3) is 5.91 Å². The third-order valence-corrected chi connectivity index (χ3v) is 4.31. The second-order valence-corrected chi connectivity index (χ2v) is 6.09. The summed E-state index contributed by atoms with van der Waals surface area (Å²) in [6, 6.07) is 11.7. The van der Waals surface area contributed by atoms with E-state index >= 15 is 0 Å². The SMILES string of the molecule is O=C(NCCc1nc(-c2ccc(F)cc2)cs1)c1cccc(F)c1. The molecule has 0 unspecified atom stereocenters. The Morgan fingerprint density at radius 1 is 1.08 bits per heavy atom. The van der Waals surface area contributed by atoms with Crippen LogP contribution in [-0.4, -0.2) is 17.4 Å². The van der Waals surface area contributed by atoms with Gasteiger partial charge in [-0.2, -0.15) is 0 Å². The molecule has 3 aromatic rings. The van der Waals surface area contributed by atoms with E-state index in [-0.39, 0.29) is 11.7 Å². The van der Waals surface area contributed by atoms with Crippen molar-refractivity contribution in [1.82, 2.24) is 10.3 Å². The minimum absolute atomic E-state index is 0.283. The molecule has 1 N–H and O–H groups in total. The quantitative estimate of drug-likeness (QED) is 0.758. The van der Waals surface area contributed by atoms with Crippen molar-refractivity contribution in [2.45, 2.75) is 6.42 Å². The van der Waals surface area contributed by atoms with E-state index in [1.165, 1.54) is 41.7 Å². The zero-order valence-electron chi connectivity index (χ0n) is 12.6. The number of thiazole rings is 1. The first-order valence-corrected chi connectivity index (χ1v) is 8.24. The molecule has 0 aliphatic carbocycles. The van der Waals surface area contributed by atoms with Crippen molar-refractivity contribution in [3.05, 3.63) is 76.1 Å². The summed E-state index contributed by atoms with van der Waals surface area (Å²) in [6.07, 6.45) is 0.576. The zero-order chi connectivity index (χ0) is 16.9. The number of aromatic nitrogens is 1. The molecule has 0 aliphatic rings. The number of carbonyl (C=O) groups excluding carboxylic acids is 1. The first-order chi connectivity index (χ1) is 11.6. The van der Waals surface area contributed by atoms with Gasteiger partial charge in [0.05, 0.1) is 10.7 Å². The summed E-state index contributed by atoms with van der Waals surface area (Å²) in [6.45, 7) is 0.408. The van der Waals surface area contributed by atoms with Gasteiger partial charge in [-0.3, -0.25) is 4.79 Å². The largest absolute Gasteiger partial charge is 0.352 e. The predicted octanol–water partition coefficient (Wildman–Crippen LogP) is 4.06. The molecule has 0 bridgehead atoms. The van der Waals surface area contributed by atoms with Crippen LogP contribution in [0.5, 0.6) is 0 Å². The van der Waals surface area contributed by atoms with Crippen molar-refractivity contribution in [2.24, 2.45) is 0 Å². The molecule has 2 aromatic carbocycles. The summed E-state index contributed by atoms with van der Waals surface area (Å²) in [7, 11) is 0. The summed E-state index contributed by atoms with van der Waals surface area (Å²) in [5, 5.41) is 5.51. The number of benzene rings is 2. The lowest BCUT2D eigenvalue weighted by Crippen LogP contribution is -2.25. The van der Waals surface area contributed by atoms with Gasteiger partial charge in [-0.05, 0) is 42.5 Å². The maximum absolute atomic E-state index is 13.1. The third-order valence-electron chi connectivity index (χ3n) is 3.40.